The van der Waals surface area contributed by atoms with Crippen molar-refractivity contribution in [2.75, 3.05) is 6.61 Å². The van der Waals surface area contributed by atoms with Crippen LogP contribution < -0.4 is 5.32 Å². The Balaban J connectivity index is 2.85. The molecule has 0 bridgehead atoms. The molecule has 0 aliphatic heterocycles. The number of benzene rings is 1. The van der Waals surface area contributed by atoms with Gasteiger partial charge in [-0.1, -0.05) is 44.5 Å². The number of carboxylic acid groups (broad SMARTS) is 1. The van der Waals surface area contributed by atoms with Crippen LogP contribution >= 0.6 is 11.6 Å². The highest BCUT2D eigenvalue weighted by atomic mass is 35.5. The maximum Gasteiger partial charge on any atom is 0.405 e. The van der Waals surface area contributed by atoms with Crippen molar-refractivity contribution < 1.29 is 14.3 Å². The molecule has 1 atom stereocenters. The normalized spacial score (nSPS) is 13.8. The highest BCUT2D eigenvalue weighted by Crippen LogP contribution is 2.37. The molecular weight excluding hydrogens is 306 g/mol. The highest BCUT2D eigenvalue weighted by Gasteiger charge is 2.37. The fourth-order valence-corrected chi connectivity index (χ4v) is 2.72. The van der Waals surface area contributed by atoms with Crippen LogP contribution in [0, 0.1) is 0 Å². The molecular formula is C15H24ClNO3Si. The van der Waals surface area contributed by atoms with Gasteiger partial charge in [0.25, 0.3) is 0 Å². The molecule has 4 nitrogen and oxygen atoms in total. The fraction of sp³-hybridized carbons (Fsp3) is 0.533. The maximum atomic E-state index is 11.0. The lowest BCUT2D eigenvalue weighted by atomic mass is 10.1. The predicted octanol–water partition coefficient (Wildman–Crippen LogP) is 4.67. The fourth-order valence-electron chi connectivity index (χ4n) is 1.57. The molecule has 1 aromatic rings. The summed E-state index contributed by atoms with van der Waals surface area (Å²) in [5.74, 6) is 0. The Morgan fingerprint density at radius 3 is 2.29 bits per heavy atom. The lowest BCUT2D eigenvalue weighted by molar-refractivity contribution is 0.178. The van der Waals surface area contributed by atoms with E-state index in [9.17, 15) is 4.79 Å². The Hall–Kier alpha value is -1.04. The van der Waals surface area contributed by atoms with Crippen LogP contribution in [-0.4, -0.2) is 26.1 Å². The van der Waals surface area contributed by atoms with Crippen LogP contribution in [0.3, 0.4) is 0 Å². The number of amides is 1. The molecule has 0 fully saturated rings. The molecule has 21 heavy (non-hydrogen) atoms. The first-order valence-electron chi connectivity index (χ1n) is 6.92. The van der Waals surface area contributed by atoms with Gasteiger partial charge in [0.15, 0.2) is 8.32 Å². The Morgan fingerprint density at radius 2 is 1.86 bits per heavy atom. The van der Waals surface area contributed by atoms with Crippen LogP contribution in [0.5, 0.6) is 0 Å². The highest BCUT2D eigenvalue weighted by molar-refractivity contribution is 6.74. The third-order valence-electron chi connectivity index (χ3n) is 3.99. The minimum absolute atomic E-state index is 0.0841. The van der Waals surface area contributed by atoms with Gasteiger partial charge >= 0.3 is 6.09 Å². The van der Waals surface area contributed by atoms with Gasteiger partial charge in [-0.2, -0.15) is 0 Å². The van der Waals surface area contributed by atoms with Gasteiger partial charge in [0, 0.05) is 5.02 Å². The Bertz CT molecular complexity index is 483. The Kier molecular flexibility index (Phi) is 5.84. The summed E-state index contributed by atoms with van der Waals surface area (Å²) in [7, 11) is -1.92. The smallest absolute Gasteiger partial charge is 0.405 e. The molecule has 0 heterocycles. The summed E-state index contributed by atoms with van der Waals surface area (Å²) in [6.07, 6.45) is -1.06. The minimum atomic E-state index is -1.92. The van der Waals surface area contributed by atoms with Crippen LogP contribution in [0.25, 0.3) is 0 Å². The average molecular weight is 330 g/mol. The third kappa shape index (κ3) is 5.34. The van der Waals surface area contributed by atoms with Gasteiger partial charge in [-0.15, -0.1) is 0 Å². The summed E-state index contributed by atoms with van der Waals surface area (Å²) >= 11 is 5.87. The molecule has 2 N–H and O–H groups in total. The van der Waals surface area contributed by atoms with Gasteiger partial charge in [-0.3, -0.25) is 0 Å². The number of rotatable bonds is 5. The van der Waals surface area contributed by atoms with Crippen LogP contribution in [0.15, 0.2) is 24.3 Å². The third-order valence-corrected chi connectivity index (χ3v) is 8.74. The van der Waals surface area contributed by atoms with Gasteiger partial charge in [-0.05, 0) is 35.8 Å². The molecule has 0 aliphatic carbocycles. The molecule has 0 spiro atoms. The Labute approximate surface area is 132 Å². The molecule has 0 radical (unpaired) electrons. The largest absolute Gasteiger partial charge is 0.465 e. The number of hydrogen-bond acceptors (Lipinski definition) is 2. The summed E-state index contributed by atoms with van der Waals surface area (Å²) in [5, 5.41) is 12.2. The first-order chi connectivity index (χ1) is 9.53. The van der Waals surface area contributed by atoms with Gasteiger partial charge in [0.1, 0.15) is 0 Å². The van der Waals surface area contributed by atoms with E-state index < -0.39 is 20.5 Å². The molecule has 1 aromatic carbocycles. The van der Waals surface area contributed by atoms with Crippen LogP contribution in [0.2, 0.25) is 23.2 Å². The summed E-state index contributed by atoms with van der Waals surface area (Å²) in [4.78, 5) is 11.0. The van der Waals surface area contributed by atoms with Gasteiger partial charge < -0.3 is 14.8 Å². The standard InChI is InChI=1S/C15H24ClNO3Si/c1-15(2,3)21(4,5)20-10-13(17-14(18)19)11-6-8-12(16)9-7-11/h6-9,13,17H,10H2,1-5H3,(H,18,19). The summed E-state index contributed by atoms with van der Waals surface area (Å²) in [6.45, 7) is 11.1. The van der Waals surface area contributed by atoms with E-state index in [-0.39, 0.29) is 5.04 Å². The van der Waals surface area contributed by atoms with Crippen LogP contribution in [0.1, 0.15) is 32.4 Å². The van der Waals surface area contributed by atoms with Crippen molar-refractivity contribution in [1.82, 2.24) is 5.32 Å². The van der Waals surface area contributed by atoms with E-state index in [2.05, 4.69) is 39.2 Å². The summed E-state index contributed by atoms with van der Waals surface area (Å²) in [6, 6.07) is 6.74. The van der Waals surface area contributed by atoms with E-state index in [1.54, 1.807) is 12.1 Å². The van der Waals surface area contributed by atoms with Crippen molar-refractivity contribution in [3.63, 3.8) is 0 Å². The molecule has 6 heteroatoms. The van der Waals surface area contributed by atoms with Gasteiger partial charge in [0.05, 0.1) is 12.6 Å². The number of hydrogen-bond donors (Lipinski definition) is 2. The lowest BCUT2D eigenvalue weighted by Gasteiger charge is -2.37. The summed E-state index contributed by atoms with van der Waals surface area (Å²) < 4.78 is 6.12. The van der Waals surface area contributed by atoms with Crippen molar-refractivity contribution in [3.05, 3.63) is 34.9 Å². The molecule has 0 aliphatic rings. The second-order valence-electron chi connectivity index (χ2n) is 6.62. The zero-order valence-corrected chi connectivity index (χ0v) is 15.0. The quantitative estimate of drug-likeness (QED) is 0.772. The van der Waals surface area contributed by atoms with E-state index >= 15 is 0 Å². The van der Waals surface area contributed by atoms with Crippen molar-refractivity contribution in [2.45, 2.75) is 44.9 Å². The average Bonchev–Trinajstić information content (AvgIpc) is 2.34. The van der Waals surface area contributed by atoms with Crippen molar-refractivity contribution in [3.8, 4) is 0 Å². The topological polar surface area (TPSA) is 58.6 Å². The van der Waals surface area contributed by atoms with Crippen LogP contribution in [-0.2, 0) is 4.43 Å². The lowest BCUT2D eigenvalue weighted by Crippen LogP contribution is -2.43. The predicted molar refractivity (Wildman–Crippen MR) is 88.5 cm³/mol. The van der Waals surface area contributed by atoms with E-state index in [4.69, 9.17) is 21.1 Å². The van der Waals surface area contributed by atoms with Gasteiger partial charge in [-0.25, -0.2) is 4.79 Å². The molecule has 1 amide bonds. The second-order valence-corrected chi connectivity index (χ2v) is 11.9. The first-order valence-corrected chi connectivity index (χ1v) is 10.2. The number of carbonyl (C=O) groups is 1. The number of nitrogens with one attached hydrogen (secondary N) is 1. The molecule has 0 saturated heterocycles. The second kappa shape index (κ2) is 6.81. The van der Waals surface area contributed by atoms with E-state index in [1.807, 2.05) is 12.1 Å². The minimum Gasteiger partial charge on any atom is -0.465 e. The van der Waals surface area contributed by atoms with Crippen LogP contribution in [0.4, 0.5) is 4.79 Å². The van der Waals surface area contributed by atoms with E-state index in [1.165, 1.54) is 0 Å². The van der Waals surface area contributed by atoms with Gasteiger partial charge in [0.2, 0.25) is 0 Å². The molecule has 0 saturated carbocycles. The van der Waals surface area contributed by atoms with E-state index in [0.29, 0.717) is 11.6 Å². The maximum absolute atomic E-state index is 11.0. The first kappa shape index (κ1) is 18.0. The molecule has 0 aromatic heterocycles. The molecule has 118 valence electrons. The SMILES string of the molecule is CC(C)(C)[Si](C)(C)OCC(NC(=O)O)c1ccc(Cl)cc1. The molecule has 1 unspecified atom stereocenters. The summed E-state index contributed by atoms with van der Waals surface area (Å²) in [5.41, 5.74) is 0.848. The molecule has 1 rings (SSSR count). The zero-order valence-electron chi connectivity index (χ0n) is 13.2. The van der Waals surface area contributed by atoms with Crippen molar-refractivity contribution in [1.29, 1.82) is 0 Å². The zero-order chi connectivity index (χ0) is 16.3. The number of halogens is 1. The Morgan fingerprint density at radius 1 is 1.33 bits per heavy atom. The van der Waals surface area contributed by atoms with E-state index in [0.717, 1.165) is 5.56 Å². The monoisotopic (exact) mass is 329 g/mol. The van der Waals surface area contributed by atoms with Crippen molar-refractivity contribution in [2.24, 2.45) is 0 Å². The van der Waals surface area contributed by atoms with Crippen molar-refractivity contribution >= 4 is 26.0 Å².